The first-order valence-corrected chi connectivity index (χ1v) is 13.5. The zero-order valence-electron chi connectivity index (χ0n) is 20.8. The normalized spacial score (nSPS) is 22.8. The smallest absolute Gasteiger partial charge is 0.422 e. The molecule has 1 saturated carbocycles. The van der Waals surface area contributed by atoms with E-state index in [4.69, 9.17) is 4.74 Å². The summed E-state index contributed by atoms with van der Waals surface area (Å²) in [7, 11) is 0. The molecule has 2 aromatic rings. The minimum atomic E-state index is -4.39. The van der Waals surface area contributed by atoms with Crippen LogP contribution in [0.5, 0.6) is 5.19 Å². The van der Waals surface area contributed by atoms with Crippen LogP contribution in [0.15, 0.2) is 23.0 Å². The number of nitrogens with zero attached hydrogens (tertiary/aromatic N) is 3. The first-order chi connectivity index (χ1) is 17.5. The number of alkyl halides is 4. The Balaban J connectivity index is 1.22. The van der Waals surface area contributed by atoms with Gasteiger partial charge in [-0.15, -0.1) is 0 Å². The predicted molar refractivity (Wildman–Crippen MR) is 132 cm³/mol. The van der Waals surface area contributed by atoms with E-state index in [0.717, 1.165) is 21.9 Å². The summed E-state index contributed by atoms with van der Waals surface area (Å²) in [6.45, 7) is 2.81. The van der Waals surface area contributed by atoms with Gasteiger partial charge < -0.3 is 19.5 Å². The van der Waals surface area contributed by atoms with Gasteiger partial charge >= 0.3 is 6.18 Å². The number of carbonyl (C=O) groups excluding carboxylic acids is 1. The monoisotopic (exact) mass is 544 g/mol. The third-order valence-corrected chi connectivity index (χ3v) is 8.20. The number of fused-ring (bicyclic) bond motifs is 1. The number of rotatable bonds is 8. The number of hydrogen-bond donors (Lipinski definition) is 1. The van der Waals surface area contributed by atoms with Gasteiger partial charge in [-0.05, 0) is 51.5 Å². The fraction of sp³-hybridized carbons (Fsp3) is 0.640. The Kier molecular flexibility index (Phi) is 8.57. The average Bonchev–Trinajstić information content (AvgIpc) is 3.15. The van der Waals surface area contributed by atoms with E-state index < -0.39 is 18.5 Å². The fourth-order valence-electron chi connectivity index (χ4n) is 5.01. The third-order valence-electron chi connectivity index (χ3n) is 7.13. The highest BCUT2D eigenvalue weighted by molar-refractivity contribution is 7.13. The number of halogens is 4. The number of pyridine rings is 1. The fourth-order valence-corrected chi connectivity index (χ4v) is 5.95. The quantitative estimate of drug-likeness (QED) is 0.506. The lowest BCUT2D eigenvalue weighted by atomic mass is 9.81. The average molecular weight is 545 g/mol. The molecule has 37 heavy (non-hydrogen) atoms. The number of hydrogen-bond acceptors (Lipinski definition) is 6. The zero-order chi connectivity index (χ0) is 26.6. The standard InChI is InChI=1S/C25H32F4N4O3S/c1-2-33-19(4-3-5-21(33)34)22(35)30-17-6-10-24(26,11-7-17)12-15-32-13-8-18-20(9-14-32)37-23(31-18)36-16-25(27,28)29/h3-5,17H,2,6-16H2,1H3,(H,30,35). The summed E-state index contributed by atoms with van der Waals surface area (Å²) in [5.74, 6) is -0.312. The van der Waals surface area contributed by atoms with Gasteiger partial charge in [0.2, 0.25) is 0 Å². The van der Waals surface area contributed by atoms with Crippen molar-refractivity contribution < 1.29 is 27.1 Å². The maximum atomic E-state index is 15.6. The second-order valence-corrected chi connectivity index (χ2v) is 10.8. The Morgan fingerprint density at radius 3 is 2.68 bits per heavy atom. The molecule has 4 rings (SSSR count). The molecule has 1 N–H and O–H groups in total. The van der Waals surface area contributed by atoms with Crippen LogP contribution in [0.25, 0.3) is 0 Å². The zero-order valence-corrected chi connectivity index (χ0v) is 21.6. The van der Waals surface area contributed by atoms with Gasteiger partial charge in [0.1, 0.15) is 11.4 Å². The van der Waals surface area contributed by atoms with Gasteiger partial charge in [-0.25, -0.2) is 9.37 Å². The Morgan fingerprint density at radius 1 is 1.24 bits per heavy atom. The first kappa shape index (κ1) is 27.6. The van der Waals surface area contributed by atoms with Crippen molar-refractivity contribution in [3.63, 3.8) is 0 Å². The van der Waals surface area contributed by atoms with Crippen molar-refractivity contribution in [1.82, 2.24) is 19.8 Å². The molecule has 0 atom stereocenters. The Labute approximate surface area is 216 Å². The summed E-state index contributed by atoms with van der Waals surface area (Å²) in [4.78, 5) is 32.0. The van der Waals surface area contributed by atoms with E-state index in [9.17, 15) is 22.8 Å². The summed E-state index contributed by atoms with van der Waals surface area (Å²) in [6, 6.07) is 4.47. The summed E-state index contributed by atoms with van der Waals surface area (Å²) in [5.41, 5.74) is -0.442. The molecule has 1 aliphatic heterocycles. The maximum absolute atomic E-state index is 15.6. The molecule has 2 aromatic heterocycles. The van der Waals surface area contributed by atoms with Gasteiger partial charge in [0, 0.05) is 49.6 Å². The van der Waals surface area contributed by atoms with E-state index in [1.54, 1.807) is 19.1 Å². The molecule has 3 heterocycles. The summed E-state index contributed by atoms with van der Waals surface area (Å²) in [6.07, 6.45) is -0.974. The molecule has 1 aliphatic carbocycles. The molecule has 12 heteroatoms. The minimum absolute atomic E-state index is 0.0487. The Bertz CT molecular complexity index is 1120. The highest BCUT2D eigenvalue weighted by Crippen LogP contribution is 2.36. The first-order valence-electron chi connectivity index (χ1n) is 12.7. The van der Waals surface area contributed by atoms with Gasteiger partial charge in [0.15, 0.2) is 6.61 Å². The van der Waals surface area contributed by atoms with Gasteiger partial charge in [-0.2, -0.15) is 13.2 Å². The van der Waals surface area contributed by atoms with E-state index >= 15 is 4.39 Å². The third kappa shape index (κ3) is 7.31. The van der Waals surface area contributed by atoms with Crippen LogP contribution in [0.1, 0.15) is 60.1 Å². The number of amides is 1. The molecule has 204 valence electrons. The van der Waals surface area contributed by atoms with Gasteiger partial charge in [0.25, 0.3) is 16.7 Å². The molecular weight excluding hydrogens is 512 g/mol. The number of thiazole rings is 1. The van der Waals surface area contributed by atoms with Crippen LogP contribution in [0.2, 0.25) is 0 Å². The van der Waals surface area contributed by atoms with Crippen LogP contribution in [0, 0.1) is 0 Å². The van der Waals surface area contributed by atoms with E-state index in [0.29, 0.717) is 76.8 Å². The lowest BCUT2D eigenvalue weighted by Gasteiger charge is -2.35. The van der Waals surface area contributed by atoms with Gasteiger partial charge in [-0.1, -0.05) is 17.4 Å². The van der Waals surface area contributed by atoms with Crippen LogP contribution < -0.4 is 15.6 Å². The van der Waals surface area contributed by atoms with Crippen LogP contribution in [-0.4, -0.2) is 64.5 Å². The second-order valence-electron chi connectivity index (χ2n) is 9.74. The van der Waals surface area contributed by atoms with Crippen LogP contribution in [0.4, 0.5) is 17.6 Å². The Morgan fingerprint density at radius 2 is 1.97 bits per heavy atom. The highest BCUT2D eigenvalue weighted by atomic mass is 32.1. The summed E-state index contributed by atoms with van der Waals surface area (Å²) >= 11 is 1.16. The van der Waals surface area contributed by atoms with Gasteiger partial charge in [-0.3, -0.25) is 9.59 Å². The summed E-state index contributed by atoms with van der Waals surface area (Å²) < 4.78 is 58.9. The number of carbonyl (C=O) groups is 1. The number of ether oxygens (including phenoxy) is 1. The highest BCUT2D eigenvalue weighted by Gasteiger charge is 2.36. The largest absolute Gasteiger partial charge is 0.460 e. The summed E-state index contributed by atoms with van der Waals surface area (Å²) in [5, 5.41) is 3.01. The number of aromatic nitrogens is 2. The molecule has 0 unspecified atom stereocenters. The van der Waals surface area contributed by atoms with Crippen molar-refractivity contribution in [2.24, 2.45) is 0 Å². The van der Waals surface area contributed by atoms with Gasteiger partial charge in [0.05, 0.1) is 5.69 Å². The van der Waals surface area contributed by atoms with E-state index in [2.05, 4.69) is 15.2 Å². The van der Waals surface area contributed by atoms with Crippen molar-refractivity contribution in [3.8, 4) is 5.19 Å². The maximum Gasteiger partial charge on any atom is 0.422 e. The molecule has 0 radical (unpaired) electrons. The molecule has 0 aromatic carbocycles. The molecule has 0 spiro atoms. The lowest BCUT2D eigenvalue weighted by Crippen LogP contribution is -2.44. The van der Waals surface area contributed by atoms with Crippen molar-refractivity contribution in [2.75, 3.05) is 26.2 Å². The topological polar surface area (TPSA) is 76.5 Å². The van der Waals surface area contributed by atoms with Crippen LogP contribution in [0.3, 0.4) is 0 Å². The molecule has 1 amide bonds. The van der Waals surface area contributed by atoms with Crippen molar-refractivity contribution in [1.29, 1.82) is 0 Å². The second kappa shape index (κ2) is 11.5. The molecule has 7 nitrogen and oxygen atoms in total. The van der Waals surface area contributed by atoms with Crippen molar-refractivity contribution >= 4 is 17.2 Å². The molecular formula is C25H32F4N4O3S. The lowest BCUT2D eigenvalue weighted by molar-refractivity contribution is -0.153. The van der Waals surface area contributed by atoms with E-state index in [-0.39, 0.29) is 22.7 Å². The van der Waals surface area contributed by atoms with E-state index in [1.165, 1.54) is 10.6 Å². The molecule has 0 bridgehead atoms. The number of nitrogens with one attached hydrogen (secondary N) is 1. The predicted octanol–water partition coefficient (Wildman–Crippen LogP) is 4.14. The van der Waals surface area contributed by atoms with E-state index in [1.807, 2.05) is 0 Å². The SMILES string of the molecule is CCn1c(C(=O)NC2CCC(F)(CCN3CCc4nc(OCC(F)(F)F)sc4CC3)CC2)cccc1=O. The van der Waals surface area contributed by atoms with Crippen molar-refractivity contribution in [3.05, 3.63) is 44.8 Å². The van der Waals surface area contributed by atoms with Crippen molar-refractivity contribution in [2.45, 2.75) is 76.3 Å². The minimum Gasteiger partial charge on any atom is -0.460 e. The molecule has 2 aliphatic rings. The Hall–Kier alpha value is -2.47. The van der Waals surface area contributed by atoms with Crippen LogP contribution in [-0.2, 0) is 19.4 Å². The molecule has 1 fully saturated rings. The van der Waals surface area contributed by atoms with Crippen LogP contribution >= 0.6 is 11.3 Å². The molecule has 0 saturated heterocycles.